The Labute approximate surface area is 315 Å². The Hall–Kier alpha value is -5.86. The average molecular weight is 693 g/mol. The second-order valence-electron chi connectivity index (χ2n) is 17.0. The summed E-state index contributed by atoms with van der Waals surface area (Å²) in [7, 11) is 0. The monoisotopic (exact) mass is 692 g/mol. The quantitative estimate of drug-likeness (QED) is 0.174. The van der Waals surface area contributed by atoms with E-state index >= 15 is 0 Å². The molecule has 4 bridgehead atoms. The molecular formula is C52H40N2. The summed E-state index contributed by atoms with van der Waals surface area (Å²) in [6.07, 6.45) is 7.17. The van der Waals surface area contributed by atoms with Gasteiger partial charge >= 0.3 is 0 Å². The highest BCUT2D eigenvalue weighted by Gasteiger charge is 2.61. The van der Waals surface area contributed by atoms with E-state index in [-0.39, 0.29) is 5.41 Å². The van der Waals surface area contributed by atoms with E-state index in [0.717, 1.165) is 23.7 Å². The normalized spacial score (nSPS) is 23.6. The second-order valence-corrected chi connectivity index (χ2v) is 17.0. The fraction of sp³-hybridized carbons (Fsp3) is 0.192. The largest absolute Gasteiger partial charge is 0.309 e. The molecule has 2 heteroatoms. The molecule has 0 aliphatic heterocycles. The molecule has 0 N–H and O–H groups in total. The lowest BCUT2D eigenvalue weighted by atomic mass is 9.43. The number of nitrogens with zero attached hydrogens (tertiary/aromatic N) is 2. The van der Waals surface area contributed by atoms with Crippen molar-refractivity contribution in [1.82, 2.24) is 9.13 Å². The Bertz CT molecular complexity index is 2940. The van der Waals surface area contributed by atoms with Gasteiger partial charge in [0.05, 0.1) is 22.1 Å². The van der Waals surface area contributed by atoms with Crippen LogP contribution in [0.4, 0.5) is 0 Å². The first-order chi connectivity index (χ1) is 26.7. The van der Waals surface area contributed by atoms with E-state index < -0.39 is 0 Å². The van der Waals surface area contributed by atoms with Crippen molar-refractivity contribution in [1.29, 1.82) is 0 Å². The SMILES string of the molecule is c1cc(-n2c3ccccc3c3ccccc32)cc(-n2c3ccccc3c3cc(-c4ccc5c(c4)-c4ccccc4C54C5CC6CC(C5)CC4C6)ccc32)c1. The fourth-order valence-electron chi connectivity index (χ4n) is 12.7. The summed E-state index contributed by atoms with van der Waals surface area (Å²) in [5, 5.41) is 5.15. The van der Waals surface area contributed by atoms with Crippen LogP contribution in [0.3, 0.4) is 0 Å². The molecule has 2 nitrogen and oxygen atoms in total. The van der Waals surface area contributed by atoms with Gasteiger partial charge in [0.25, 0.3) is 0 Å². The molecule has 258 valence electrons. The predicted octanol–water partition coefficient (Wildman–Crippen LogP) is 13.3. The highest BCUT2D eigenvalue weighted by atomic mass is 15.0. The molecule has 1 spiro atoms. The van der Waals surface area contributed by atoms with Crippen LogP contribution in [0.2, 0.25) is 0 Å². The zero-order valence-electron chi connectivity index (χ0n) is 30.3. The van der Waals surface area contributed by atoms with Gasteiger partial charge in [0.1, 0.15) is 0 Å². The number of hydrogen-bond donors (Lipinski definition) is 0. The molecule has 9 aromatic rings. The number of benzene rings is 7. The van der Waals surface area contributed by atoms with Crippen LogP contribution in [0.5, 0.6) is 0 Å². The zero-order valence-corrected chi connectivity index (χ0v) is 30.3. The van der Waals surface area contributed by atoms with Crippen LogP contribution < -0.4 is 0 Å². The summed E-state index contributed by atoms with van der Waals surface area (Å²) < 4.78 is 4.88. The summed E-state index contributed by atoms with van der Waals surface area (Å²) in [4.78, 5) is 0. The Balaban J connectivity index is 0.962. The van der Waals surface area contributed by atoms with E-state index in [1.807, 2.05) is 0 Å². The lowest BCUT2D eigenvalue weighted by Crippen LogP contribution is -2.55. The molecule has 5 aliphatic rings. The molecule has 0 atom stereocenters. The van der Waals surface area contributed by atoms with Gasteiger partial charge in [0.2, 0.25) is 0 Å². The van der Waals surface area contributed by atoms with Gasteiger partial charge in [0, 0.05) is 38.3 Å². The Morgan fingerprint density at radius 3 is 1.52 bits per heavy atom. The Kier molecular flexibility index (Phi) is 5.83. The molecule has 2 aromatic heterocycles. The van der Waals surface area contributed by atoms with Gasteiger partial charge in [0.15, 0.2) is 0 Å². The summed E-state index contributed by atoms with van der Waals surface area (Å²) in [6, 6.07) is 59.7. The summed E-state index contributed by atoms with van der Waals surface area (Å²) in [6.45, 7) is 0. The van der Waals surface area contributed by atoms with E-state index in [4.69, 9.17) is 0 Å². The van der Waals surface area contributed by atoms with Crippen LogP contribution >= 0.6 is 0 Å². The molecule has 0 amide bonds. The lowest BCUT2D eigenvalue weighted by Gasteiger charge is -2.61. The van der Waals surface area contributed by atoms with Crippen LogP contribution in [0, 0.1) is 23.7 Å². The molecule has 14 rings (SSSR count). The molecule has 4 saturated carbocycles. The molecule has 7 aromatic carbocycles. The van der Waals surface area contributed by atoms with E-state index in [0.29, 0.717) is 0 Å². The maximum absolute atomic E-state index is 2.56. The van der Waals surface area contributed by atoms with E-state index in [2.05, 4.69) is 167 Å². The maximum atomic E-state index is 2.56. The summed E-state index contributed by atoms with van der Waals surface area (Å²) in [5.74, 6) is 3.49. The van der Waals surface area contributed by atoms with Gasteiger partial charge in [-0.1, -0.05) is 103 Å². The molecular weight excluding hydrogens is 653 g/mol. The van der Waals surface area contributed by atoms with Crippen LogP contribution in [0.15, 0.2) is 158 Å². The Morgan fingerprint density at radius 2 is 0.870 bits per heavy atom. The first kappa shape index (κ1) is 29.6. The Morgan fingerprint density at radius 1 is 0.370 bits per heavy atom. The van der Waals surface area contributed by atoms with Gasteiger partial charge in [-0.05, 0) is 144 Å². The first-order valence-electron chi connectivity index (χ1n) is 20.1. The minimum atomic E-state index is 0.211. The molecule has 0 saturated heterocycles. The minimum Gasteiger partial charge on any atom is -0.309 e. The van der Waals surface area contributed by atoms with Gasteiger partial charge in [-0.15, -0.1) is 0 Å². The minimum absolute atomic E-state index is 0.211. The van der Waals surface area contributed by atoms with Crippen LogP contribution in [-0.4, -0.2) is 9.13 Å². The standard InChI is InChI=1S/C52H40N2/c1-5-16-46-40(12-1)44-29-34(20-22-47(44)52(46)36-25-32-24-33(27-36)28-37(52)26-32)35-21-23-51-45(30-35)43-15-4-8-19-50(43)54(51)39-11-9-10-38(31-39)53-48-17-6-2-13-41(48)42-14-3-7-18-49(42)53/h1-23,29-33,36-37H,24-28H2. The molecule has 4 fully saturated rings. The number of para-hydroxylation sites is 3. The molecule has 0 radical (unpaired) electrons. The van der Waals surface area contributed by atoms with Crippen LogP contribution in [0.1, 0.15) is 43.2 Å². The van der Waals surface area contributed by atoms with Gasteiger partial charge in [-0.25, -0.2) is 0 Å². The smallest absolute Gasteiger partial charge is 0.0541 e. The third-order valence-corrected chi connectivity index (χ3v) is 14.5. The van der Waals surface area contributed by atoms with Gasteiger partial charge in [-0.2, -0.15) is 0 Å². The predicted molar refractivity (Wildman–Crippen MR) is 224 cm³/mol. The third kappa shape index (κ3) is 3.76. The topological polar surface area (TPSA) is 9.86 Å². The van der Waals surface area contributed by atoms with Crippen molar-refractivity contribution in [2.24, 2.45) is 23.7 Å². The number of rotatable bonds is 3. The van der Waals surface area contributed by atoms with Crippen molar-refractivity contribution < 1.29 is 0 Å². The highest BCUT2D eigenvalue weighted by molar-refractivity contribution is 6.11. The molecule has 54 heavy (non-hydrogen) atoms. The fourth-order valence-corrected chi connectivity index (χ4v) is 12.7. The molecule has 5 aliphatic carbocycles. The van der Waals surface area contributed by atoms with Crippen molar-refractivity contribution in [3.05, 3.63) is 169 Å². The van der Waals surface area contributed by atoms with Crippen molar-refractivity contribution in [3.8, 4) is 33.6 Å². The summed E-state index contributed by atoms with van der Waals surface area (Å²) in [5.41, 5.74) is 16.3. The van der Waals surface area contributed by atoms with Crippen LogP contribution in [0.25, 0.3) is 77.2 Å². The number of aromatic nitrogens is 2. The third-order valence-electron chi connectivity index (χ3n) is 14.5. The van der Waals surface area contributed by atoms with Crippen molar-refractivity contribution in [3.63, 3.8) is 0 Å². The van der Waals surface area contributed by atoms with Crippen LogP contribution in [-0.2, 0) is 5.41 Å². The average Bonchev–Trinajstić information content (AvgIpc) is 3.84. The zero-order chi connectivity index (χ0) is 35.1. The lowest BCUT2D eigenvalue weighted by molar-refractivity contribution is -0.0399. The summed E-state index contributed by atoms with van der Waals surface area (Å²) >= 11 is 0. The van der Waals surface area contributed by atoms with Gasteiger partial charge in [-0.3, -0.25) is 0 Å². The van der Waals surface area contributed by atoms with Gasteiger partial charge < -0.3 is 9.13 Å². The number of fused-ring (bicyclic) bond motifs is 9. The van der Waals surface area contributed by atoms with Crippen molar-refractivity contribution in [2.45, 2.75) is 37.5 Å². The molecule has 2 heterocycles. The first-order valence-corrected chi connectivity index (χ1v) is 20.1. The van der Waals surface area contributed by atoms with E-state index in [1.165, 1.54) is 109 Å². The van der Waals surface area contributed by atoms with Crippen molar-refractivity contribution in [2.75, 3.05) is 0 Å². The number of hydrogen-bond acceptors (Lipinski definition) is 0. The van der Waals surface area contributed by atoms with E-state index in [1.54, 1.807) is 11.1 Å². The highest BCUT2D eigenvalue weighted by Crippen LogP contribution is 2.69. The maximum Gasteiger partial charge on any atom is 0.0541 e. The molecule has 0 unspecified atom stereocenters. The van der Waals surface area contributed by atoms with Crippen molar-refractivity contribution >= 4 is 43.6 Å². The second kappa shape index (κ2) is 10.6. The van der Waals surface area contributed by atoms with E-state index in [9.17, 15) is 0 Å².